The molecule has 3 rings (SSSR count). The van der Waals surface area contributed by atoms with Crippen molar-refractivity contribution in [3.05, 3.63) is 60.3 Å². The van der Waals surface area contributed by atoms with E-state index in [2.05, 4.69) is 90.4 Å². The van der Waals surface area contributed by atoms with E-state index in [-0.39, 0.29) is 29.5 Å². The van der Waals surface area contributed by atoms with Crippen molar-refractivity contribution in [2.24, 2.45) is 5.92 Å². The van der Waals surface area contributed by atoms with Gasteiger partial charge in [-0.1, -0.05) is 93.9 Å². The fraction of sp³-hybridized carbons (Fsp3) is 0.649. The van der Waals surface area contributed by atoms with Gasteiger partial charge in [-0.3, -0.25) is 0 Å². The van der Waals surface area contributed by atoms with Gasteiger partial charge < -0.3 is 23.4 Å². The summed E-state index contributed by atoms with van der Waals surface area (Å²) in [5.74, 6) is 5.55. The van der Waals surface area contributed by atoms with E-state index in [9.17, 15) is 4.79 Å². The van der Waals surface area contributed by atoms with Crippen LogP contribution in [0, 0.1) is 17.8 Å². The van der Waals surface area contributed by atoms with Gasteiger partial charge in [0.2, 0.25) is 0 Å². The minimum absolute atomic E-state index is 0.0361. The predicted octanol–water partition coefficient (Wildman–Crippen LogP) is 8.02. The first-order chi connectivity index (χ1) is 20.8. The monoisotopic (exact) mass is 624 g/mol. The van der Waals surface area contributed by atoms with E-state index in [1.807, 2.05) is 18.2 Å². The lowest BCUT2D eigenvalue weighted by Gasteiger charge is -2.39. The molecule has 7 heteroatoms. The molecular formula is C37H56O6Si. The first-order valence-electron chi connectivity index (χ1n) is 16.3. The average Bonchev–Trinajstić information content (AvgIpc) is 2.92. The standard InChI is InChI=1S/C37H56O6Si/c1-27-21-22-40-31(24-27)19-20-34(39-7)35-17-11-16-33(43-44(8,9)37(4,5)6)26-29(3)23-28(2)25-32-15-10-13-30(41-32)14-12-18-36(38)42-35/h10-11,13,16,19-21,28,30-35H,3,14-15,17,22-26H2,1-2,4-9H3/b16-11-,20-19+. The number of carbonyl (C=O) groups excluding carboxylic acids is 1. The van der Waals surface area contributed by atoms with Crippen molar-refractivity contribution in [2.45, 2.75) is 134 Å². The molecule has 3 heterocycles. The van der Waals surface area contributed by atoms with Crippen LogP contribution in [-0.4, -0.2) is 64.6 Å². The second-order valence-electron chi connectivity index (χ2n) is 14.2. The maximum atomic E-state index is 13.0. The number of methoxy groups -OCH3 is 1. The zero-order valence-electron chi connectivity index (χ0n) is 28.4. The normalized spacial score (nSPS) is 31.2. The van der Waals surface area contributed by atoms with E-state index in [0.29, 0.717) is 25.4 Å². The van der Waals surface area contributed by atoms with Crippen molar-refractivity contribution in [3.63, 3.8) is 0 Å². The van der Waals surface area contributed by atoms with Gasteiger partial charge >= 0.3 is 5.97 Å². The molecule has 0 saturated carbocycles. The van der Waals surface area contributed by atoms with Gasteiger partial charge in [0.05, 0.1) is 31.0 Å². The lowest BCUT2D eigenvalue weighted by Crippen LogP contribution is -2.43. The van der Waals surface area contributed by atoms with Crippen LogP contribution in [-0.2, 0) is 28.2 Å². The van der Waals surface area contributed by atoms with Crippen LogP contribution in [0.4, 0.5) is 0 Å². The second-order valence-corrected chi connectivity index (χ2v) is 19.0. The molecule has 0 aliphatic carbocycles. The molecule has 0 saturated heterocycles. The minimum Gasteiger partial charge on any atom is -0.449 e. The third kappa shape index (κ3) is 11.9. The molecule has 244 valence electrons. The quantitative estimate of drug-likeness (QED) is 0.0981. The van der Waals surface area contributed by atoms with Crippen LogP contribution in [0.5, 0.6) is 0 Å². The van der Waals surface area contributed by atoms with E-state index in [0.717, 1.165) is 32.1 Å². The number of hydrogen-bond acceptors (Lipinski definition) is 6. The summed E-state index contributed by atoms with van der Waals surface area (Å²) >= 11 is 0. The van der Waals surface area contributed by atoms with Crippen LogP contribution < -0.4 is 0 Å². The fourth-order valence-electron chi connectivity index (χ4n) is 5.58. The first-order valence-corrected chi connectivity index (χ1v) is 19.2. The van der Waals surface area contributed by atoms with E-state index >= 15 is 0 Å². The Hall–Kier alpha value is -2.21. The Morgan fingerprint density at radius 2 is 1.89 bits per heavy atom. The SMILES string of the molecule is C=C1CC(C)CC2CC=CC(CC#CC(=O)OC(C(/C=C/C3CC(C)=CCO3)OC)C/C=C\C(O[Si](C)(C)C(C)(C)C)C1)O2. The van der Waals surface area contributed by atoms with E-state index in [4.69, 9.17) is 23.4 Å². The van der Waals surface area contributed by atoms with Gasteiger partial charge in [-0.2, -0.15) is 0 Å². The first kappa shape index (κ1) is 36.3. The average molecular weight is 625 g/mol. The Labute approximate surface area is 268 Å². The lowest BCUT2D eigenvalue weighted by molar-refractivity contribution is -0.146. The molecule has 0 amide bonds. The molecule has 0 radical (unpaired) electrons. The second kappa shape index (κ2) is 16.9. The summed E-state index contributed by atoms with van der Waals surface area (Å²) in [6, 6.07) is 0. The van der Waals surface area contributed by atoms with E-state index < -0.39 is 26.5 Å². The van der Waals surface area contributed by atoms with E-state index in [1.54, 1.807) is 7.11 Å². The van der Waals surface area contributed by atoms with Gasteiger partial charge in [0.25, 0.3) is 0 Å². The van der Waals surface area contributed by atoms with Gasteiger partial charge in [0.15, 0.2) is 8.32 Å². The Morgan fingerprint density at radius 1 is 1.14 bits per heavy atom. The van der Waals surface area contributed by atoms with Gasteiger partial charge in [0, 0.05) is 25.9 Å². The molecule has 44 heavy (non-hydrogen) atoms. The molecule has 3 aliphatic rings. The third-order valence-corrected chi connectivity index (χ3v) is 13.6. The van der Waals surface area contributed by atoms with Crippen molar-refractivity contribution in [1.82, 2.24) is 0 Å². The maximum Gasteiger partial charge on any atom is 0.384 e. The summed E-state index contributed by atoms with van der Waals surface area (Å²) in [5.41, 5.74) is 2.48. The van der Waals surface area contributed by atoms with Crippen molar-refractivity contribution in [2.75, 3.05) is 13.7 Å². The molecule has 0 aromatic rings. The molecule has 0 fully saturated rings. The van der Waals surface area contributed by atoms with Crippen molar-refractivity contribution >= 4 is 14.3 Å². The summed E-state index contributed by atoms with van der Waals surface area (Å²) < 4.78 is 30.9. The minimum atomic E-state index is -2.06. The maximum absolute atomic E-state index is 13.0. The Morgan fingerprint density at radius 3 is 2.59 bits per heavy atom. The highest BCUT2D eigenvalue weighted by atomic mass is 28.4. The molecule has 0 N–H and O–H groups in total. The van der Waals surface area contributed by atoms with Crippen molar-refractivity contribution in [1.29, 1.82) is 0 Å². The van der Waals surface area contributed by atoms with E-state index in [1.165, 1.54) is 11.1 Å². The number of hydrogen-bond donors (Lipinski definition) is 0. The molecule has 0 spiro atoms. The number of cyclic esters (lactones) is 1. The predicted molar refractivity (Wildman–Crippen MR) is 181 cm³/mol. The summed E-state index contributed by atoms with van der Waals surface area (Å²) in [5, 5.41) is 0.0707. The van der Waals surface area contributed by atoms with Gasteiger partial charge in [0.1, 0.15) is 12.2 Å². The fourth-order valence-corrected chi connectivity index (χ4v) is 6.86. The Balaban J connectivity index is 1.88. The van der Waals surface area contributed by atoms with Crippen molar-refractivity contribution in [3.8, 4) is 11.8 Å². The van der Waals surface area contributed by atoms with Crippen LogP contribution in [0.25, 0.3) is 0 Å². The molecule has 2 bridgehead atoms. The van der Waals surface area contributed by atoms with Crippen LogP contribution in [0.3, 0.4) is 0 Å². The highest BCUT2D eigenvalue weighted by Gasteiger charge is 2.39. The number of fused-ring (bicyclic) bond motifs is 2. The number of carbonyl (C=O) groups is 1. The van der Waals surface area contributed by atoms with Crippen LogP contribution >= 0.6 is 0 Å². The zero-order valence-corrected chi connectivity index (χ0v) is 29.4. The van der Waals surface area contributed by atoms with Crippen LogP contribution in [0.15, 0.2) is 60.3 Å². The number of rotatable bonds is 6. The molecule has 7 atom stereocenters. The van der Waals surface area contributed by atoms with Crippen molar-refractivity contribution < 1.29 is 28.2 Å². The van der Waals surface area contributed by atoms with Crippen LogP contribution in [0.1, 0.15) is 79.6 Å². The van der Waals surface area contributed by atoms with Crippen LogP contribution in [0.2, 0.25) is 18.1 Å². The topological polar surface area (TPSA) is 63.2 Å². The lowest BCUT2D eigenvalue weighted by atomic mass is 9.91. The molecule has 0 aromatic carbocycles. The molecule has 6 nitrogen and oxygen atoms in total. The van der Waals surface area contributed by atoms with Gasteiger partial charge in [-0.25, -0.2) is 4.79 Å². The largest absolute Gasteiger partial charge is 0.449 e. The molecule has 7 unspecified atom stereocenters. The third-order valence-electron chi connectivity index (χ3n) is 9.05. The number of esters is 1. The highest BCUT2D eigenvalue weighted by molar-refractivity contribution is 6.74. The summed E-state index contributed by atoms with van der Waals surface area (Å²) in [6.45, 7) is 20.8. The highest BCUT2D eigenvalue weighted by Crippen LogP contribution is 2.38. The van der Waals surface area contributed by atoms with Gasteiger partial charge in [-0.05, 0) is 63.1 Å². The summed E-state index contributed by atoms with van der Waals surface area (Å²) in [7, 11) is -0.430. The summed E-state index contributed by atoms with van der Waals surface area (Å²) in [6.07, 6.45) is 18.5. The molecule has 3 aliphatic heterocycles. The number of ether oxygens (including phenoxy) is 4. The smallest absolute Gasteiger partial charge is 0.384 e. The molecule has 0 aromatic heterocycles. The Kier molecular flexibility index (Phi) is 13.9. The Bertz CT molecular complexity index is 1150. The zero-order chi connectivity index (χ0) is 32.3. The summed E-state index contributed by atoms with van der Waals surface area (Å²) in [4.78, 5) is 13.0. The van der Waals surface area contributed by atoms with Gasteiger partial charge in [-0.15, -0.1) is 0 Å². The molecular weight excluding hydrogens is 568 g/mol.